The van der Waals surface area contributed by atoms with Gasteiger partial charge in [-0.3, -0.25) is 9.59 Å². The second-order valence-electron chi connectivity index (χ2n) is 4.62. The van der Waals surface area contributed by atoms with E-state index in [0.29, 0.717) is 25.4 Å². The molecule has 0 fully saturated rings. The number of aromatic amines is 1. The first-order chi connectivity index (χ1) is 10.2. The molecule has 0 aliphatic carbocycles. The zero-order chi connectivity index (χ0) is 15.1. The summed E-state index contributed by atoms with van der Waals surface area (Å²) < 4.78 is 4.83. The first kappa shape index (κ1) is 15.1. The van der Waals surface area contributed by atoms with E-state index in [2.05, 4.69) is 15.6 Å². The van der Waals surface area contributed by atoms with Crippen molar-refractivity contribution in [1.82, 2.24) is 15.6 Å². The first-order valence-corrected chi connectivity index (χ1v) is 6.82. The number of H-pyrrole nitrogens is 1. The van der Waals surface area contributed by atoms with Crippen molar-refractivity contribution in [3.63, 3.8) is 0 Å². The van der Waals surface area contributed by atoms with Crippen LogP contribution >= 0.6 is 0 Å². The van der Waals surface area contributed by atoms with Crippen LogP contribution in [0.4, 0.5) is 0 Å². The molecule has 112 valence electrons. The molecule has 6 heteroatoms. The third-order valence-electron chi connectivity index (χ3n) is 3.04. The topological polar surface area (TPSA) is 83.2 Å². The zero-order valence-electron chi connectivity index (χ0n) is 11.9. The van der Waals surface area contributed by atoms with E-state index in [9.17, 15) is 9.59 Å². The molecule has 0 atom stereocenters. The van der Waals surface area contributed by atoms with Gasteiger partial charge in [-0.25, -0.2) is 0 Å². The molecule has 0 saturated heterocycles. The van der Waals surface area contributed by atoms with E-state index in [1.807, 2.05) is 24.3 Å². The lowest BCUT2D eigenvalue weighted by Gasteiger charge is -2.05. The summed E-state index contributed by atoms with van der Waals surface area (Å²) in [7, 11) is 1.58. The molecule has 2 aromatic rings. The SMILES string of the molecule is COCCNC(=O)CCNC(=O)c1cc2ccccc2[nH]1. The predicted octanol–water partition coefficient (Wildman–Crippen LogP) is 1.05. The van der Waals surface area contributed by atoms with Crippen LogP contribution < -0.4 is 10.6 Å². The number of fused-ring (bicyclic) bond motifs is 1. The fraction of sp³-hybridized carbons (Fsp3) is 0.333. The minimum atomic E-state index is -0.212. The molecule has 1 aromatic carbocycles. The number of benzene rings is 1. The van der Waals surface area contributed by atoms with Crippen LogP contribution in [-0.2, 0) is 9.53 Å². The highest BCUT2D eigenvalue weighted by atomic mass is 16.5. The number of amides is 2. The fourth-order valence-corrected chi connectivity index (χ4v) is 1.96. The number of aromatic nitrogens is 1. The van der Waals surface area contributed by atoms with E-state index in [-0.39, 0.29) is 18.2 Å². The molecule has 2 rings (SSSR count). The minimum absolute atomic E-state index is 0.107. The van der Waals surface area contributed by atoms with Gasteiger partial charge in [0.2, 0.25) is 5.91 Å². The highest BCUT2D eigenvalue weighted by Crippen LogP contribution is 2.14. The van der Waals surface area contributed by atoms with Gasteiger partial charge in [-0.15, -0.1) is 0 Å². The quantitative estimate of drug-likeness (QED) is 0.666. The molecule has 2 amide bonds. The Hall–Kier alpha value is -2.34. The van der Waals surface area contributed by atoms with Gasteiger partial charge in [-0.1, -0.05) is 18.2 Å². The summed E-state index contributed by atoms with van der Waals surface area (Å²) in [6.45, 7) is 1.26. The molecular weight excluding hydrogens is 270 g/mol. The Labute approximate surface area is 122 Å². The number of hydrogen-bond acceptors (Lipinski definition) is 3. The average Bonchev–Trinajstić information content (AvgIpc) is 2.91. The van der Waals surface area contributed by atoms with Gasteiger partial charge in [-0.05, 0) is 12.1 Å². The van der Waals surface area contributed by atoms with Crippen molar-refractivity contribution in [3.8, 4) is 0 Å². The number of carbonyl (C=O) groups excluding carboxylic acids is 2. The second-order valence-corrected chi connectivity index (χ2v) is 4.62. The Bertz CT molecular complexity index is 588. The van der Waals surface area contributed by atoms with Gasteiger partial charge in [0, 0.05) is 37.5 Å². The van der Waals surface area contributed by atoms with Crippen LogP contribution in [0.2, 0.25) is 0 Å². The van der Waals surface area contributed by atoms with Gasteiger partial charge < -0.3 is 20.4 Å². The lowest BCUT2D eigenvalue weighted by Crippen LogP contribution is -2.32. The van der Waals surface area contributed by atoms with E-state index < -0.39 is 0 Å². The van der Waals surface area contributed by atoms with Crippen molar-refractivity contribution >= 4 is 22.7 Å². The molecule has 0 unspecified atom stereocenters. The summed E-state index contributed by atoms with van der Waals surface area (Å²) in [4.78, 5) is 26.5. The number of nitrogens with one attached hydrogen (secondary N) is 3. The summed E-state index contributed by atoms with van der Waals surface area (Å²) in [6.07, 6.45) is 0.246. The highest BCUT2D eigenvalue weighted by molar-refractivity contribution is 5.98. The minimum Gasteiger partial charge on any atom is -0.383 e. The average molecular weight is 289 g/mol. The van der Waals surface area contributed by atoms with Crippen molar-refractivity contribution in [2.45, 2.75) is 6.42 Å². The van der Waals surface area contributed by atoms with Crippen LogP contribution in [0.25, 0.3) is 10.9 Å². The number of carbonyl (C=O) groups is 2. The Kier molecular flexibility index (Phi) is 5.34. The molecule has 0 saturated carbocycles. The van der Waals surface area contributed by atoms with Crippen molar-refractivity contribution in [2.75, 3.05) is 26.8 Å². The number of para-hydroxylation sites is 1. The summed E-state index contributed by atoms with van der Waals surface area (Å²) in [6, 6.07) is 9.47. The summed E-state index contributed by atoms with van der Waals surface area (Å²) in [5.74, 6) is -0.320. The van der Waals surface area contributed by atoms with Crippen molar-refractivity contribution in [2.24, 2.45) is 0 Å². The summed E-state index contributed by atoms with van der Waals surface area (Å²) >= 11 is 0. The molecular formula is C15H19N3O3. The van der Waals surface area contributed by atoms with Gasteiger partial charge in [0.25, 0.3) is 5.91 Å². The molecule has 1 aromatic heterocycles. The molecule has 21 heavy (non-hydrogen) atoms. The largest absolute Gasteiger partial charge is 0.383 e. The lowest BCUT2D eigenvalue weighted by atomic mass is 10.2. The smallest absolute Gasteiger partial charge is 0.267 e. The van der Waals surface area contributed by atoms with Crippen LogP contribution in [0.3, 0.4) is 0 Å². The molecule has 0 spiro atoms. The van der Waals surface area contributed by atoms with Crippen molar-refractivity contribution in [1.29, 1.82) is 0 Å². The maximum absolute atomic E-state index is 12.0. The molecule has 0 aliphatic heterocycles. The Morgan fingerprint density at radius 2 is 2.00 bits per heavy atom. The maximum atomic E-state index is 12.0. The molecule has 0 aliphatic rings. The van der Waals surface area contributed by atoms with E-state index in [0.717, 1.165) is 10.9 Å². The number of ether oxygens (including phenoxy) is 1. The summed E-state index contributed by atoms with van der Waals surface area (Å²) in [5.41, 5.74) is 1.41. The van der Waals surface area contributed by atoms with Crippen LogP contribution in [0.1, 0.15) is 16.9 Å². The van der Waals surface area contributed by atoms with Crippen molar-refractivity contribution in [3.05, 3.63) is 36.0 Å². The van der Waals surface area contributed by atoms with Crippen molar-refractivity contribution < 1.29 is 14.3 Å². The number of methoxy groups -OCH3 is 1. The van der Waals surface area contributed by atoms with E-state index in [1.54, 1.807) is 13.2 Å². The van der Waals surface area contributed by atoms with Crippen LogP contribution in [0.5, 0.6) is 0 Å². The van der Waals surface area contributed by atoms with Gasteiger partial charge in [-0.2, -0.15) is 0 Å². The first-order valence-electron chi connectivity index (χ1n) is 6.82. The van der Waals surface area contributed by atoms with Crippen LogP contribution in [0.15, 0.2) is 30.3 Å². The fourth-order valence-electron chi connectivity index (χ4n) is 1.96. The molecule has 0 bridgehead atoms. The van der Waals surface area contributed by atoms with E-state index in [4.69, 9.17) is 4.74 Å². The van der Waals surface area contributed by atoms with Gasteiger partial charge >= 0.3 is 0 Å². The zero-order valence-corrected chi connectivity index (χ0v) is 11.9. The monoisotopic (exact) mass is 289 g/mol. The van der Waals surface area contributed by atoms with Crippen LogP contribution in [-0.4, -0.2) is 43.6 Å². The standard InChI is InChI=1S/C15H19N3O3/c1-21-9-8-16-14(19)6-7-17-15(20)13-10-11-4-2-3-5-12(11)18-13/h2-5,10,18H,6-9H2,1H3,(H,16,19)(H,17,20). The molecule has 1 heterocycles. The highest BCUT2D eigenvalue weighted by Gasteiger charge is 2.09. The Balaban J connectivity index is 1.78. The Morgan fingerprint density at radius 1 is 1.19 bits per heavy atom. The van der Waals surface area contributed by atoms with Gasteiger partial charge in [0.05, 0.1) is 6.61 Å². The molecule has 6 nitrogen and oxygen atoms in total. The molecule has 3 N–H and O–H groups in total. The van der Waals surface area contributed by atoms with Gasteiger partial charge in [0.1, 0.15) is 5.69 Å². The maximum Gasteiger partial charge on any atom is 0.267 e. The normalized spacial score (nSPS) is 10.5. The Morgan fingerprint density at radius 3 is 2.76 bits per heavy atom. The van der Waals surface area contributed by atoms with E-state index >= 15 is 0 Å². The third-order valence-corrected chi connectivity index (χ3v) is 3.04. The predicted molar refractivity (Wildman–Crippen MR) is 80.1 cm³/mol. The third kappa shape index (κ3) is 4.32. The lowest BCUT2D eigenvalue weighted by molar-refractivity contribution is -0.121. The van der Waals surface area contributed by atoms with Crippen LogP contribution in [0, 0.1) is 0 Å². The number of hydrogen-bond donors (Lipinski definition) is 3. The second kappa shape index (κ2) is 7.44. The van der Waals surface area contributed by atoms with E-state index in [1.165, 1.54) is 0 Å². The summed E-state index contributed by atoms with van der Waals surface area (Å²) in [5, 5.41) is 6.40. The number of rotatable bonds is 7. The molecule has 0 radical (unpaired) electrons. The van der Waals surface area contributed by atoms with Gasteiger partial charge in [0.15, 0.2) is 0 Å².